The van der Waals surface area contributed by atoms with Crippen LogP contribution in [0, 0.1) is 6.92 Å². The number of rotatable bonds is 4. The summed E-state index contributed by atoms with van der Waals surface area (Å²) in [6, 6.07) is 8.98. The number of hydrogen-bond donors (Lipinski definition) is 1. The molecule has 1 heterocycles. The lowest BCUT2D eigenvalue weighted by atomic mass is 10.0. The second-order valence-corrected chi connectivity index (χ2v) is 5.67. The summed E-state index contributed by atoms with van der Waals surface area (Å²) >= 11 is 0. The van der Waals surface area contributed by atoms with Gasteiger partial charge in [0.2, 0.25) is 0 Å². The SMILES string of the molecule is Cc1cccc(CC(N)CN2CCCCCC2)c1. The Morgan fingerprint density at radius 2 is 1.89 bits per heavy atom. The first-order valence-electron chi connectivity index (χ1n) is 7.27. The van der Waals surface area contributed by atoms with Gasteiger partial charge >= 0.3 is 0 Å². The van der Waals surface area contributed by atoms with Crippen LogP contribution in [0.2, 0.25) is 0 Å². The van der Waals surface area contributed by atoms with Gasteiger partial charge in [-0.15, -0.1) is 0 Å². The van der Waals surface area contributed by atoms with E-state index in [-0.39, 0.29) is 6.04 Å². The highest BCUT2D eigenvalue weighted by Gasteiger charge is 2.13. The van der Waals surface area contributed by atoms with Crippen molar-refractivity contribution in [2.45, 2.75) is 45.1 Å². The normalized spacial score (nSPS) is 19.4. The molecule has 0 radical (unpaired) electrons. The predicted octanol–water partition coefficient (Wildman–Crippen LogP) is 2.74. The fourth-order valence-corrected chi connectivity index (χ4v) is 2.86. The van der Waals surface area contributed by atoms with E-state index in [0.29, 0.717) is 0 Å². The number of nitrogens with two attached hydrogens (primary N) is 1. The van der Waals surface area contributed by atoms with Gasteiger partial charge in [0, 0.05) is 12.6 Å². The standard InChI is InChI=1S/C16H26N2/c1-14-7-6-8-15(11-14)12-16(17)13-18-9-4-2-3-5-10-18/h6-8,11,16H,2-5,9-10,12-13,17H2,1H3. The van der Waals surface area contributed by atoms with Crippen molar-refractivity contribution in [3.63, 3.8) is 0 Å². The topological polar surface area (TPSA) is 29.3 Å². The molecule has 0 aromatic heterocycles. The highest BCUT2D eigenvalue weighted by Crippen LogP contribution is 2.11. The maximum atomic E-state index is 6.30. The van der Waals surface area contributed by atoms with Crippen LogP contribution < -0.4 is 5.73 Å². The summed E-state index contributed by atoms with van der Waals surface area (Å²) < 4.78 is 0. The first-order valence-corrected chi connectivity index (χ1v) is 7.27. The Balaban J connectivity index is 1.82. The molecule has 2 heteroatoms. The maximum absolute atomic E-state index is 6.30. The summed E-state index contributed by atoms with van der Waals surface area (Å²) in [7, 11) is 0. The number of likely N-dealkylation sites (tertiary alicyclic amines) is 1. The van der Waals surface area contributed by atoms with Crippen LogP contribution in [0.4, 0.5) is 0 Å². The van der Waals surface area contributed by atoms with E-state index in [4.69, 9.17) is 5.73 Å². The van der Waals surface area contributed by atoms with Gasteiger partial charge in [0.25, 0.3) is 0 Å². The molecule has 1 unspecified atom stereocenters. The van der Waals surface area contributed by atoms with Crippen molar-refractivity contribution in [2.24, 2.45) is 5.73 Å². The van der Waals surface area contributed by atoms with Crippen molar-refractivity contribution in [2.75, 3.05) is 19.6 Å². The molecule has 1 aromatic carbocycles. The number of hydrogen-bond acceptors (Lipinski definition) is 2. The van der Waals surface area contributed by atoms with E-state index in [1.54, 1.807) is 0 Å². The average Bonchev–Trinajstić information content (AvgIpc) is 2.57. The zero-order valence-corrected chi connectivity index (χ0v) is 11.6. The van der Waals surface area contributed by atoms with Crippen molar-refractivity contribution in [1.82, 2.24) is 4.90 Å². The lowest BCUT2D eigenvalue weighted by molar-refractivity contribution is 0.266. The molecule has 1 aromatic rings. The average molecular weight is 246 g/mol. The smallest absolute Gasteiger partial charge is 0.0208 e. The molecule has 0 spiro atoms. The fourth-order valence-electron chi connectivity index (χ4n) is 2.86. The zero-order valence-electron chi connectivity index (χ0n) is 11.6. The second kappa shape index (κ2) is 6.91. The van der Waals surface area contributed by atoms with E-state index in [9.17, 15) is 0 Å². The fraction of sp³-hybridized carbons (Fsp3) is 0.625. The minimum Gasteiger partial charge on any atom is -0.326 e. The Labute approximate surface area is 111 Å². The van der Waals surface area contributed by atoms with Gasteiger partial charge in [0.15, 0.2) is 0 Å². The van der Waals surface area contributed by atoms with Crippen LogP contribution in [0.3, 0.4) is 0 Å². The van der Waals surface area contributed by atoms with Crippen LogP contribution in [0.15, 0.2) is 24.3 Å². The Morgan fingerprint density at radius 1 is 1.17 bits per heavy atom. The highest BCUT2D eigenvalue weighted by atomic mass is 15.1. The molecule has 2 nitrogen and oxygen atoms in total. The van der Waals surface area contributed by atoms with E-state index >= 15 is 0 Å². The van der Waals surface area contributed by atoms with Gasteiger partial charge in [-0.1, -0.05) is 42.7 Å². The molecular formula is C16H26N2. The summed E-state index contributed by atoms with van der Waals surface area (Å²) in [5, 5.41) is 0. The third kappa shape index (κ3) is 4.43. The largest absolute Gasteiger partial charge is 0.326 e. The van der Waals surface area contributed by atoms with Crippen molar-refractivity contribution >= 4 is 0 Å². The molecule has 1 aliphatic heterocycles. The van der Waals surface area contributed by atoms with Gasteiger partial charge in [-0.2, -0.15) is 0 Å². The van der Waals surface area contributed by atoms with Gasteiger partial charge < -0.3 is 10.6 Å². The summed E-state index contributed by atoms with van der Waals surface area (Å²) in [5.41, 5.74) is 9.00. The van der Waals surface area contributed by atoms with E-state index in [0.717, 1.165) is 13.0 Å². The first kappa shape index (κ1) is 13.6. The molecule has 1 aliphatic rings. The summed E-state index contributed by atoms with van der Waals surface area (Å²) in [5.74, 6) is 0. The Morgan fingerprint density at radius 3 is 2.56 bits per heavy atom. The minimum absolute atomic E-state index is 0.268. The quantitative estimate of drug-likeness (QED) is 0.885. The van der Waals surface area contributed by atoms with Gasteiger partial charge in [-0.05, 0) is 44.8 Å². The van der Waals surface area contributed by atoms with Crippen molar-refractivity contribution in [3.8, 4) is 0 Å². The maximum Gasteiger partial charge on any atom is 0.0208 e. The van der Waals surface area contributed by atoms with E-state index < -0.39 is 0 Å². The van der Waals surface area contributed by atoms with Gasteiger partial charge in [0.05, 0.1) is 0 Å². The van der Waals surface area contributed by atoms with Crippen LogP contribution in [0.5, 0.6) is 0 Å². The van der Waals surface area contributed by atoms with Crippen LogP contribution >= 0.6 is 0 Å². The van der Waals surface area contributed by atoms with Crippen molar-refractivity contribution in [3.05, 3.63) is 35.4 Å². The Kier molecular flexibility index (Phi) is 5.21. The molecular weight excluding hydrogens is 220 g/mol. The molecule has 0 aliphatic carbocycles. The molecule has 18 heavy (non-hydrogen) atoms. The van der Waals surface area contributed by atoms with E-state index in [1.165, 1.54) is 49.9 Å². The highest BCUT2D eigenvalue weighted by molar-refractivity contribution is 5.22. The van der Waals surface area contributed by atoms with E-state index in [1.807, 2.05) is 0 Å². The van der Waals surface area contributed by atoms with Gasteiger partial charge in [-0.25, -0.2) is 0 Å². The van der Waals surface area contributed by atoms with Crippen molar-refractivity contribution < 1.29 is 0 Å². The van der Waals surface area contributed by atoms with Crippen LogP contribution in [-0.2, 0) is 6.42 Å². The molecule has 0 amide bonds. The molecule has 0 bridgehead atoms. The molecule has 1 fully saturated rings. The zero-order chi connectivity index (χ0) is 12.8. The third-order valence-corrected chi connectivity index (χ3v) is 3.77. The van der Waals surface area contributed by atoms with Crippen molar-refractivity contribution in [1.29, 1.82) is 0 Å². The third-order valence-electron chi connectivity index (χ3n) is 3.77. The van der Waals surface area contributed by atoms with E-state index in [2.05, 4.69) is 36.1 Å². The molecule has 2 N–H and O–H groups in total. The van der Waals surface area contributed by atoms with Crippen LogP contribution in [0.25, 0.3) is 0 Å². The minimum atomic E-state index is 0.268. The van der Waals surface area contributed by atoms with Gasteiger partial charge in [-0.3, -0.25) is 0 Å². The molecule has 1 atom stereocenters. The number of benzene rings is 1. The molecule has 0 saturated carbocycles. The monoisotopic (exact) mass is 246 g/mol. The summed E-state index contributed by atoms with van der Waals surface area (Å²) in [6.07, 6.45) is 6.47. The van der Waals surface area contributed by atoms with Crippen LogP contribution in [0.1, 0.15) is 36.8 Å². The predicted molar refractivity (Wildman–Crippen MR) is 77.8 cm³/mol. The number of aryl methyl sites for hydroxylation is 1. The number of nitrogens with zero attached hydrogens (tertiary/aromatic N) is 1. The van der Waals surface area contributed by atoms with Crippen LogP contribution in [-0.4, -0.2) is 30.6 Å². The first-order chi connectivity index (χ1) is 8.74. The Hall–Kier alpha value is -0.860. The van der Waals surface area contributed by atoms with Gasteiger partial charge in [0.1, 0.15) is 0 Å². The summed E-state index contributed by atoms with van der Waals surface area (Å²) in [6.45, 7) is 5.67. The second-order valence-electron chi connectivity index (χ2n) is 5.67. The lowest BCUT2D eigenvalue weighted by Gasteiger charge is -2.24. The summed E-state index contributed by atoms with van der Waals surface area (Å²) in [4.78, 5) is 2.55. The molecule has 100 valence electrons. The molecule has 1 saturated heterocycles. The molecule has 2 rings (SSSR count). The Bertz CT molecular complexity index is 354. The lowest BCUT2D eigenvalue weighted by Crippen LogP contribution is -2.39.